The van der Waals surface area contributed by atoms with Crippen LogP contribution in [0.15, 0.2) is 4.52 Å². The second-order valence-electron chi connectivity index (χ2n) is 3.04. The fourth-order valence-corrected chi connectivity index (χ4v) is 1.50. The molecule has 1 unspecified atom stereocenters. The Morgan fingerprint density at radius 1 is 1.46 bits per heavy atom. The monoisotopic (exact) mass is 202 g/mol. The Bertz CT molecular complexity index is 271. The summed E-state index contributed by atoms with van der Waals surface area (Å²) < 4.78 is 10.5. The lowest BCUT2D eigenvalue weighted by molar-refractivity contribution is -0.00459. The van der Waals surface area contributed by atoms with Crippen molar-refractivity contribution in [3.63, 3.8) is 0 Å². The first-order chi connectivity index (χ1) is 6.40. The third-order valence-corrected chi connectivity index (χ3v) is 2.30. The van der Waals surface area contributed by atoms with Gasteiger partial charge < -0.3 is 9.26 Å². The predicted molar refractivity (Wildman–Crippen MR) is 46.4 cm³/mol. The number of aromatic nitrogens is 2. The molecule has 13 heavy (non-hydrogen) atoms. The molecule has 1 saturated heterocycles. The molecule has 0 N–H and O–H groups in total. The molecule has 72 valence electrons. The molecular formula is C8H11ClN2O2. The zero-order chi connectivity index (χ0) is 9.10. The van der Waals surface area contributed by atoms with Crippen LogP contribution < -0.4 is 0 Å². The molecule has 0 bridgehead atoms. The standard InChI is InChI=1S/C8H11ClN2O2/c9-5-7-10-8(13-11-7)6-3-1-2-4-12-6/h6H,1-5H2. The normalized spacial score (nSPS) is 23.3. The van der Waals surface area contributed by atoms with E-state index in [-0.39, 0.29) is 12.0 Å². The van der Waals surface area contributed by atoms with E-state index in [2.05, 4.69) is 10.1 Å². The number of hydrogen-bond donors (Lipinski definition) is 0. The minimum absolute atomic E-state index is 0.0155. The van der Waals surface area contributed by atoms with Crippen molar-refractivity contribution >= 4 is 11.6 Å². The van der Waals surface area contributed by atoms with Crippen LogP contribution in [0.3, 0.4) is 0 Å². The molecule has 1 fully saturated rings. The summed E-state index contributed by atoms with van der Waals surface area (Å²) in [6, 6.07) is 0. The predicted octanol–water partition coefficient (Wildman–Crippen LogP) is 2.05. The Hall–Kier alpha value is -0.610. The highest BCUT2D eigenvalue weighted by atomic mass is 35.5. The smallest absolute Gasteiger partial charge is 0.255 e. The van der Waals surface area contributed by atoms with Gasteiger partial charge in [0.2, 0.25) is 0 Å². The molecular weight excluding hydrogens is 192 g/mol. The summed E-state index contributed by atoms with van der Waals surface area (Å²) in [5, 5.41) is 3.71. The number of halogens is 1. The summed E-state index contributed by atoms with van der Waals surface area (Å²) in [7, 11) is 0. The lowest BCUT2D eigenvalue weighted by Crippen LogP contribution is -2.11. The Morgan fingerprint density at radius 3 is 3.00 bits per heavy atom. The largest absolute Gasteiger partial charge is 0.368 e. The summed E-state index contributed by atoms with van der Waals surface area (Å²) >= 11 is 5.55. The molecule has 4 nitrogen and oxygen atoms in total. The second kappa shape index (κ2) is 4.07. The zero-order valence-electron chi connectivity index (χ0n) is 7.20. The summed E-state index contributed by atoms with van der Waals surface area (Å²) in [5.41, 5.74) is 0. The fourth-order valence-electron chi connectivity index (χ4n) is 1.39. The molecule has 0 radical (unpaired) electrons. The number of nitrogens with zero attached hydrogens (tertiary/aromatic N) is 2. The summed E-state index contributed by atoms with van der Waals surface area (Å²) in [6.45, 7) is 0.781. The van der Waals surface area contributed by atoms with Crippen LogP contribution in [0, 0.1) is 0 Å². The van der Waals surface area contributed by atoms with Crippen molar-refractivity contribution in [1.82, 2.24) is 10.1 Å². The van der Waals surface area contributed by atoms with Gasteiger partial charge in [0.1, 0.15) is 6.10 Å². The molecule has 0 aromatic carbocycles. The number of rotatable bonds is 2. The van der Waals surface area contributed by atoms with Gasteiger partial charge in [-0.1, -0.05) is 5.16 Å². The van der Waals surface area contributed by atoms with Crippen LogP contribution in [-0.4, -0.2) is 16.7 Å². The van der Waals surface area contributed by atoms with Crippen molar-refractivity contribution in [3.05, 3.63) is 11.7 Å². The maximum atomic E-state index is 5.55. The number of ether oxygens (including phenoxy) is 1. The van der Waals surface area contributed by atoms with Gasteiger partial charge in [-0.3, -0.25) is 0 Å². The van der Waals surface area contributed by atoms with E-state index < -0.39 is 0 Å². The lowest BCUT2D eigenvalue weighted by Gasteiger charge is -2.18. The van der Waals surface area contributed by atoms with Gasteiger partial charge in [-0.2, -0.15) is 4.98 Å². The quantitative estimate of drug-likeness (QED) is 0.689. The highest BCUT2D eigenvalue weighted by Gasteiger charge is 2.21. The van der Waals surface area contributed by atoms with Gasteiger partial charge in [0.15, 0.2) is 5.82 Å². The molecule has 0 saturated carbocycles. The third kappa shape index (κ3) is 2.00. The number of alkyl halides is 1. The minimum atomic E-state index is -0.0155. The molecule has 2 rings (SSSR count). The van der Waals surface area contributed by atoms with Crippen LogP contribution in [0.2, 0.25) is 0 Å². The molecule has 0 aliphatic carbocycles. The number of hydrogen-bond acceptors (Lipinski definition) is 4. The van der Waals surface area contributed by atoms with Crippen LogP contribution in [-0.2, 0) is 10.6 Å². The van der Waals surface area contributed by atoms with Crippen molar-refractivity contribution in [2.75, 3.05) is 6.61 Å². The maximum absolute atomic E-state index is 5.55. The Kier molecular flexibility index (Phi) is 2.80. The van der Waals surface area contributed by atoms with Crippen LogP contribution in [0.1, 0.15) is 37.1 Å². The highest BCUT2D eigenvalue weighted by molar-refractivity contribution is 6.16. The van der Waals surface area contributed by atoms with E-state index in [4.69, 9.17) is 20.9 Å². The topological polar surface area (TPSA) is 48.2 Å². The molecule has 1 aliphatic rings. The highest BCUT2D eigenvalue weighted by Crippen LogP contribution is 2.26. The summed E-state index contributed by atoms with van der Waals surface area (Å²) in [5.74, 6) is 1.39. The molecule has 1 aliphatic heterocycles. The molecule has 1 aromatic heterocycles. The van der Waals surface area contributed by atoms with Crippen molar-refractivity contribution in [2.24, 2.45) is 0 Å². The van der Waals surface area contributed by atoms with E-state index in [0.717, 1.165) is 25.9 Å². The van der Waals surface area contributed by atoms with E-state index >= 15 is 0 Å². The van der Waals surface area contributed by atoms with E-state index in [1.165, 1.54) is 0 Å². The van der Waals surface area contributed by atoms with Gasteiger partial charge in [-0.25, -0.2) is 0 Å². The van der Waals surface area contributed by atoms with Crippen LogP contribution >= 0.6 is 11.6 Å². The van der Waals surface area contributed by atoms with E-state index in [0.29, 0.717) is 11.7 Å². The summed E-state index contributed by atoms with van der Waals surface area (Å²) in [6.07, 6.45) is 3.22. The SMILES string of the molecule is ClCc1noc(C2CCCCO2)n1. The van der Waals surface area contributed by atoms with Crippen LogP contribution in [0.25, 0.3) is 0 Å². The van der Waals surface area contributed by atoms with Crippen molar-refractivity contribution in [1.29, 1.82) is 0 Å². The fraction of sp³-hybridized carbons (Fsp3) is 0.750. The van der Waals surface area contributed by atoms with Gasteiger partial charge in [0.25, 0.3) is 5.89 Å². The van der Waals surface area contributed by atoms with Crippen LogP contribution in [0.5, 0.6) is 0 Å². The molecule has 1 aromatic rings. The molecule has 1 atom stereocenters. The Morgan fingerprint density at radius 2 is 2.38 bits per heavy atom. The Balaban J connectivity index is 2.05. The van der Waals surface area contributed by atoms with E-state index in [1.54, 1.807) is 0 Å². The van der Waals surface area contributed by atoms with Gasteiger partial charge >= 0.3 is 0 Å². The molecule has 2 heterocycles. The first-order valence-corrected chi connectivity index (χ1v) is 4.93. The maximum Gasteiger partial charge on any atom is 0.255 e. The molecule has 0 spiro atoms. The second-order valence-corrected chi connectivity index (χ2v) is 3.30. The van der Waals surface area contributed by atoms with E-state index in [9.17, 15) is 0 Å². The van der Waals surface area contributed by atoms with Crippen LogP contribution in [0.4, 0.5) is 0 Å². The van der Waals surface area contributed by atoms with Gasteiger partial charge in [0, 0.05) is 6.61 Å². The van der Waals surface area contributed by atoms with Gasteiger partial charge in [-0.05, 0) is 19.3 Å². The zero-order valence-corrected chi connectivity index (χ0v) is 7.96. The minimum Gasteiger partial charge on any atom is -0.368 e. The van der Waals surface area contributed by atoms with E-state index in [1.807, 2.05) is 0 Å². The van der Waals surface area contributed by atoms with Crippen molar-refractivity contribution < 1.29 is 9.26 Å². The average molecular weight is 203 g/mol. The first-order valence-electron chi connectivity index (χ1n) is 4.40. The van der Waals surface area contributed by atoms with Crippen molar-refractivity contribution in [3.8, 4) is 0 Å². The molecule has 0 amide bonds. The first kappa shape index (κ1) is 8.97. The van der Waals surface area contributed by atoms with Gasteiger partial charge in [0.05, 0.1) is 5.88 Å². The van der Waals surface area contributed by atoms with Crippen molar-refractivity contribution in [2.45, 2.75) is 31.2 Å². The average Bonchev–Trinajstić information content (AvgIpc) is 2.67. The molecule has 5 heteroatoms. The Labute approximate surface area is 81.2 Å². The summed E-state index contributed by atoms with van der Waals surface area (Å²) in [4.78, 5) is 4.12. The lowest BCUT2D eigenvalue weighted by atomic mass is 10.1. The third-order valence-electron chi connectivity index (χ3n) is 2.06. The van der Waals surface area contributed by atoms with Gasteiger partial charge in [-0.15, -0.1) is 11.6 Å².